The third-order valence-electron chi connectivity index (χ3n) is 4.10. The fraction of sp³-hybridized carbons (Fsp3) is 0.769. The highest BCUT2D eigenvalue weighted by Gasteiger charge is 2.34. The van der Waals surface area contributed by atoms with Gasteiger partial charge in [-0.2, -0.15) is 5.10 Å². The SMILES string of the molecule is CCCn1ncc(Br)c1C(NN)C1CCCC1C. The Morgan fingerprint density at radius 2 is 2.39 bits per heavy atom. The molecule has 0 bridgehead atoms. The van der Waals surface area contributed by atoms with Crippen molar-refractivity contribution in [1.29, 1.82) is 0 Å². The Bertz CT molecular complexity index is 390. The molecule has 1 aromatic heterocycles. The van der Waals surface area contributed by atoms with E-state index in [1.807, 2.05) is 6.20 Å². The fourth-order valence-corrected chi connectivity index (χ4v) is 3.69. The first-order valence-electron chi connectivity index (χ1n) is 6.86. The van der Waals surface area contributed by atoms with E-state index in [2.05, 4.69) is 45.0 Å². The third-order valence-corrected chi connectivity index (χ3v) is 4.71. The lowest BCUT2D eigenvalue weighted by Crippen LogP contribution is -2.36. The van der Waals surface area contributed by atoms with E-state index in [9.17, 15) is 0 Å². The highest BCUT2D eigenvalue weighted by atomic mass is 79.9. The molecule has 5 heteroatoms. The van der Waals surface area contributed by atoms with Crippen LogP contribution >= 0.6 is 15.9 Å². The molecule has 18 heavy (non-hydrogen) atoms. The Morgan fingerprint density at radius 1 is 1.61 bits per heavy atom. The average Bonchev–Trinajstić information content (AvgIpc) is 2.91. The maximum Gasteiger partial charge on any atom is 0.0712 e. The molecule has 3 atom stereocenters. The van der Waals surface area contributed by atoms with Gasteiger partial charge in [-0.15, -0.1) is 0 Å². The minimum atomic E-state index is 0.200. The van der Waals surface area contributed by atoms with Gasteiger partial charge in [-0.1, -0.05) is 26.7 Å². The number of aromatic nitrogens is 2. The first-order chi connectivity index (χ1) is 8.69. The zero-order valence-electron chi connectivity index (χ0n) is 11.2. The minimum Gasteiger partial charge on any atom is -0.271 e. The second kappa shape index (κ2) is 6.17. The summed E-state index contributed by atoms with van der Waals surface area (Å²) in [5, 5.41) is 4.44. The minimum absolute atomic E-state index is 0.200. The van der Waals surface area contributed by atoms with Gasteiger partial charge in [0.1, 0.15) is 0 Å². The summed E-state index contributed by atoms with van der Waals surface area (Å²) in [7, 11) is 0. The smallest absolute Gasteiger partial charge is 0.0712 e. The highest BCUT2D eigenvalue weighted by Crippen LogP contribution is 2.41. The maximum atomic E-state index is 5.83. The van der Waals surface area contributed by atoms with Crippen molar-refractivity contribution in [3.63, 3.8) is 0 Å². The van der Waals surface area contributed by atoms with Crippen LogP contribution in [0, 0.1) is 11.8 Å². The van der Waals surface area contributed by atoms with Gasteiger partial charge in [-0.3, -0.25) is 16.0 Å². The van der Waals surface area contributed by atoms with Crippen molar-refractivity contribution in [3.05, 3.63) is 16.4 Å². The second-order valence-corrected chi connectivity index (χ2v) is 6.17. The molecule has 3 unspecified atom stereocenters. The van der Waals surface area contributed by atoms with E-state index in [1.165, 1.54) is 25.0 Å². The van der Waals surface area contributed by atoms with Gasteiger partial charge < -0.3 is 0 Å². The fourth-order valence-electron chi connectivity index (χ4n) is 3.15. The summed E-state index contributed by atoms with van der Waals surface area (Å²) in [6, 6.07) is 0.200. The highest BCUT2D eigenvalue weighted by molar-refractivity contribution is 9.10. The van der Waals surface area contributed by atoms with Crippen molar-refractivity contribution in [3.8, 4) is 0 Å². The van der Waals surface area contributed by atoms with E-state index in [0.717, 1.165) is 23.4 Å². The van der Waals surface area contributed by atoms with Crippen LogP contribution in [-0.2, 0) is 6.54 Å². The van der Waals surface area contributed by atoms with Crippen molar-refractivity contribution in [2.75, 3.05) is 0 Å². The molecular formula is C13H23BrN4. The number of nitrogens with two attached hydrogens (primary N) is 1. The van der Waals surface area contributed by atoms with Crippen LogP contribution in [0.1, 0.15) is 51.3 Å². The van der Waals surface area contributed by atoms with Gasteiger partial charge in [0.05, 0.1) is 22.4 Å². The van der Waals surface area contributed by atoms with E-state index in [4.69, 9.17) is 5.84 Å². The van der Waals surface area contributed by atoms with Crippen molar-refractivity contribution >= 4 is 15.9 Å². The predicted molar refractivity (Wildman–Crippen MR) is 76.8 cm³/mol. The van der Waals surface area contributed by atoms with Gasteiger partial charge in [0.2, 0.25) is 0 Å². The normalized spacial score (nSPS) is 25.6. The molecule has 1 saturated carbocycles. The number of hydrogen-bond donors (Lipinski definition) is 2. The van der Waals surface area contributed by atoms with Crippen LogP contribution < -0.4 is 11.3 Å². The molecule has 1 aliphatic carbocycles. The molecule has 3 N–H and O–H groups in total. The van der Waals surface area contributed by atoms with Crippen molar-refractivity contribution < 1.29 is 0 Å². The summed E-state index contributed by atoms with van der Waals surface area (Å²) >= 11 is 3.62. The summed E-state index contributed by atoms with van der Waals surface area (Å²) in [6.45, 7) is 5.44. The van der Waals surface area contributed by atoms with Crippen LogP contribution in [0.4, 0.5) is 0 Å². The first kappa shape index (κ1) is 14.0. The summed E-state index contributed by atoms with van der Waals surface area (Å²) in [5.74, 6) is 7.16. The largest absolute Gasteiger partial charge is 0.271 e. The standard InChI is InChI=1S/C13H23BrN4/c1-3-7-18-13(11(14)8-16-18)12(17-15)10-6-4-5-9(10)2/h8-10,12,17H,3-7,15H2,1-2H3. The van der Waals surface area contributed by atoms with Gasteiger partial charge >= 0.3 is 0 Å². The van der Waals surface area contributed by atoms with Gasteiger partial charge in [-0.05, 0) is 40.6 Å². The molecule has 0 aliphatic heterocycles. The molecule has 0 amide bonds. The molecule has 0 saturated heterocycles. The number of hydrazine groups is 1. The number of rotatable bonds is 5. The zero-order chi connectivity index (χ0) is 13.1. The van der Waals surface area contributed by atoms with Crippen LogP contribution in [-0.4, -0.2) is 9.78 Å². The van der Waals surface area contributed by atoms with Crippen LogP contribution in [0.25, 0.3) is 0 Å². The third kappa shape index (κ3) is 2.63. The van der Waals surface area contributed by atoms with Crippen LogP contribution in [0.5, 0.6) is 0 Å². The van der Waals surface area contributed by atoms with Crippen LogP contribution in [0.15, 0.2) is 10.7 Å². The molecule has 1 heterocycles. The van der Waals surface area contributed by atoms with Crippen molar-refractivity contribution in [1.82, 2.24) is 15.2 Å². The Kier molecular flexibility index (Phi) is 4.81. The molecule has 4 nitrogen and oxygen atoms in total. The van der Waals surface area contributed by atoms with Crippen LogP contribution in [0.3, 0.4) is 0 Å². The van der Waals surface area contributed by atoms with Gasteiger partial charge in [0, 0.05) is 6.54 Å². The molecule has 102 valence electrons. The van der Waals surface area contributed by atoms with Crippen LogP contribution in [0.2, 0.25) is 0 Å². The Labute approximate surface area is 117 Å². The molecule has 0 radical (unpaired) electrons. The first-order valence-corrected chi connectivity index (χ1v) is 7.65. The Morgan fingerprint density at radius 3 is 2.94 bits per heavy atom. The average molecular weight is 315 g/mol. The van der Waals surface area contributed by atoms with E-state index in [1.54, 1.807) is 0 Å². The second-order valence-electron chi connectivity index (χ2n) is 5.32. The van der Waals surface area contributed by atoms with E-state index in [0.29, 0.717) is 5.92 Å². The molecule has 0 aromatic carbocycles. The van der Waals surface area contributed by atoms with Gasteiger partial charge in [-0.25, -0.2) is 0 Å². The molecular weight excluding hydrogens is 292 g/mol. The Balaban J connectivity index is 2.28. The maximum absolute atomic E-state index is 5.83. The topological polar surface area (TPSA) is 55.9 Å². The molecule has 1 aromatic rings. The zero-order valence-corrected chi connectivity index (χ0v) is 12.8. The lowest BCUT2D eigenvalue weighted by atomic mass is 9.88. The Hall–Kier alpha value is -0.390. The summed E-state index contributed by atoms with van der Waals surface area (Å²) in [4.78, 5) is 0. The number of nitrogens with zero attached hydrogens (tertiary/aromatic N) is 2. The van der Waals surface area contributed by atoms with Gasteiger partial charge in [0.25, 0.3) is 0 Å². The van der Waals surface area contributed by atoms with Gasteiger partial charge in [0.15, 0.2) is 0 Å². The number of aryl methyl sites for hydroxylation is 1. The van der Waals surface area contributed by atoms with Crippen molar-refractivity contribution in [2.45, 2.75) is 52.1 Å². The molecule has 0 spiro atoms. The lowest BCUT2D eigenvalue weighted by Gasteiger charge is -2.27. The molecule has 1 fully saturated rings. The van der Waals surface area contributed by atoms with E-state index in [-0.39, 0.29) is 6.04 Å². The quantitative estimate of drug-likeness (QED) is 0.649. The number of hydrogen-bond acceptors (Lipinski definition) is 3. The van der Waals surface area contributed by atoms with Crippen molar-refractivity contribution in [2.24, 2.45) is 17.7 Å². The van der Waals surface area contributed by atoms with E-state index >= 15 is 0 Å². The molecule has 1 aliphatic rings. The number of halogens is 1. The summed E-state index contributed by atoms with van der Waals surface area (Å²) in [5.41, 5.74) is 4.23. The van der Waals surface area contributed by atoms with E-state index < -0.39 is 0 Å². The summed E-state index contributed by atoms with van der Waals surface area (Å²) < 4.78 is 3.15. The summed E-state index contributed by atoms with van der Waals surface area (Å²) in [6.07, 6.45) is 6.83. The predicted octanol–water partition coefficient (Wildman–Crippen LogP) is 3.00. The monoisotopic (exact) mass is 314 g/mol. The molecule has 2 rings (SSSR count). The number of nitrogens with one attached hydrogen (secondary N) is 1. The lowest BCUT2D eigenvalue weighted by molar-refractivity contribution is 0.288.